The average Bonchev–Trinajstić information content (AvgIpc) is 3.19. The highest BCUT2D eigenvalue weighted by atomic mass is 16.5. The Morgan fingerprint density at radius 1 is 1.40 bits per heavy atom. The van der Waals surface area contributed by atoms with Gasteiger partial charge in [0.15, 0.2) is 0 Å². The van der Waals surface area contributed by atoms with Crippen molar-refractivity contribution in [2.45, 2.75) is 39.2 Å². The lowest BCUT2D eigenvalue weighted by Crippen LogP contribution is -2.10. The Morgan fingerprint density at radius 3 is 3.00 bits per heavy atom. The molecule has 2 aromatic rings. The molecule has 1 aromatic carbocycles. The van der Waals surface area contributed by atoms with Crippen LogP contribution in [0.5, 0.6) is 0 Å². The maximum atomic E-state index is 5.85. The Bertz CT molecular complexity index is 587. The SMILES string of the molecule is CCCc1nc2cc(N)ccc2n1CCOCC1CC1. The van der Waals surface area contributed by atoms with Crippen molar-refractivity contribution in [3.05, 3.63) is 24.0 Å². The van der Waals surface area contributed by atoms with Crippen LogP contribution in [0, 0.1) is 5.92 Å². The normalized spacial score (nSPS) is 15.1. The fourth-order valence-corrected chi connectivity index (χ4v) is 2.55. The Kier molecular flexibility index (Phi) is 3.92. The van der Waals surface area contributed by atoms with Gasteiger partial charge in [0, 0.05) is 25.3 Å². The first-order chi connectivity index (χ1) is 9.78. The number of rotatable bonds is 7. The molecule has 0 spiro atoms. The number of anilines is 1. The molecule has 0 amide bonds. The molecule has 2 N–H and O–H groups in total. The molecule has 3 rings (SSSR count). The summed E-state index contributed by atoms with van der Waals surface area (Å²) in [7, 11) is 0. The maximum absolute atomic E-state index is 5.85. The monoisotopic (exact) mass is 273 g/mol. The van der Waals surface area contributed by atoms with Crippen molar-refractivity contribution >= 4 is 16.7 Å². The molecule has 0 bridgehead atoms. The second kappa shape index (κ2) is 5.83. The number of benzene rings is 1. The van der Waals surface area contributed by atoms with Gasteiger partial charge in [0.1, 0.15) is 5.82 Å². The average molecular weight is 273 g/mol. The second-order valence-electron chi connectivity index (χ2n) is 5.70. The summed E-state index contributed by atoms with van der Waals surface area (Å²) in [6.07, 6.45) is 4.78. The molecule has 1 fully saturated rings. The van der Waals surface area contributed by atoms with Gasteiger partial charge in [-0.25, -0.2) is 4.98 Å². The minimum Gasteiger partial charge on any atom is -0.399 e. The van der Waals surface area contributed by atoms with Crippen LogP contribution >= 0.6 is 0 Å². The lowest BCUT2D eigenvalue weighted by molar-refractivity contribution is 0.117. The molecule has 1 aliphatic carbocycles. The van der Waals surface area contributed by atoms with Crippen LogP contribution in [-0.4, -0.2) is 22.8 Å². The Labute approximate surface area is 119 Å². The van der Waals surface area contributed by atoms with Crippen molar-refractivity contribution in [2.75, 3.05) is 18.9 Å². The topological polar surface area (TPSA) is 53.1 Å². The number of hydrogen-bond donors (Lipinski definition) is 1. The van der Waals surface area contributed by atoms with Crippen LogP contribution in [0.3, 0.4) is 0 Å². The van der Waals surface area contributed by atoms with Crippen LogP contribution in [0.2, 0.25) is 0 Å². The van der Waals surface area contributed by atoms with E-state index in [0.717, 1.165) is 61.1 Å². The summed E-state index contributed by atoms with van der Waals surface area (Å²) in [5, 5.41) is 0. The summed E-state index contributed by atoms with van der Waals surface area (Å²) in [4.78, 5) is 4.72. The molecule has 0 unspecified atom stereocenters. The molecule has 108 valence electrons. The number of imidazole rings is 1. The van der Waals surface area contributed by atoms with Crippen molar-refractivity contribution in [3.63, 3.8) is 0 Å². The predicted molar refractivity (Wildman–Crippen MR) is 81.7 cm³/mol. The number of nitrogens with zero attached hydrogens (tertiary/aromatic N) is 2. The van der Waals surface area contributed by atoms with E-state index in [-0.39, 0.29) is 0 Å². The first-order valence-electron chi connectivity index (χ1n) is 7.60. The molecule has 0 aliphatic heterocycles. The van der Waals surface area contributed by atoms with E-state index in [1.54, 1.807) is 0 Å². The van der Waals surface area contributed by atoms with Gasteiger partial charge < -0.3 is 15.0 Å². The first kappa shape index (κ1) is 13.4. The fourth-order valence-electron chi connectivity index (χ4n) is 2.55. The van der Waals surface area contributed by atoms with Crippen LogP contribution in [0.25, 0.3) is 11.0 Å². The van der Waals surface area contributed by atoms with Gasteiger partial charge in [-0.3, -0.25) is 0 Å². The van der Waals surface area contributed by atoms with E-state index in [4.69, 9.17) is 15.5 Å². The summed E-state index contributed by atoms with van der Waals surface area (Å²) in [5.41, 5.74) is 8.78. The second-order valence-corrected chi connectivity index (χ2v) is 5.70. The van der Waals surface area contributed by atoms with E-state index in [1.165, 1.54) is 12.8 Å². The van der Waals surface area contributed by atoms with Gasteiger partial charge in [-0.2, -0.15) is 0 Å². The lowest BCUT2D eigenvalue weighted by Gasteiger charge is -2.09. The smallest absolute Gasteiger partial charge is 0.109 e. The lowest BCUT2D eigenvalue weighted by atomic mass is 10.3. The van der Waals surface area contributed by atoms with Crippen molar-refractivity contribution in [3.8, 4) is 0 Å². The van der Waals surface area contributed by atoms with Gasteiger partial charge in [0.25, 0.3) is 0 Å². The summed E-state index contributed by atoms with van der Waals surface area (Å²) >= 11 is 0. The molecule has 1 saturated carbocycles. The molecular formula is C16H23N3O. The van der Waals surface area contributed by atoms with E-state index in [9.17, 15) is 0 Å². The van der Waals surface area contributed by atoms with E-state index in [0.29, 0.717) is 0 Å². The van der Waals surface area contributed by atoms with Gasteiger partial charge in [-0.15, -0.1) is 0 Å². The Morgan fingerprint density at radius 2 is 2.25 bits per heavy atom. The number of nitrogens with two attached hydrogens (primary N) is 1. The third kappa shape index (κ3) is 2.96. The number of aryl methyl sites for hydroxylation is 1. The molecule has 4 nitrogen and oxygen atoms in total. The van der Waals surface area contributed by atoms with Crippen LogP contribution in [0.15, 0.2) is 18.2 Å². The van der Waals surface area contributed by atoms with E-state index in [1.807, 2.05) is 12.1 Å². The Hall–Kier alpha value is -1.55. The largest absolute Gasteiger partial charge is 0.399 e. The number of ether oxygens (including phenoxy) is 1. The molecule has 1 heterocycles. The molecular weight excluding hydrogens is 250 g/mol. The zero-order valence-electron chi connectivity index (χ0n) is 12.1. The standard InChI is InChI=1S/C16H23N3O/c1-2-3-16-18-14-10-13(17)6-7-15(14)19(16)8-9-20-11-12-4-5-12/h6-7,10,12H,2-5,8-9,11,17H2,1H3. The quantitative estimate of drug-likeness (QED) is 0.623. The highest BCUT2D eigenvalue weighted by molar-refractivity contribution is 5.79. The number of fused-ring (bicyclic) bond motifs is 1. The van der Waals surface area contributed by atoms with Gasteiger partial charge in [-0.1, -0.05) is 6.92 Å². The third-order valence-corrected chi connectivity index (χ3v) is 3.83. The molecule has 0 radical (unpaired) electrons. The van der Waals surface area contributed by atoms with Crippen LogP contribution in [-0.2, 0) is 17.7 Å². The number of hydrogen-bond acceptors (Lipinski definition) is 3. The van der Waals surface area contributed by atoms with E-state index in [2.05, 4.69) is 17.6 Å². The zero-order valence-corrected chi connectivity index (χ0v) is 12.1. The summed E-state index contributed by atoms with van der Waals surface area (Å²) in [6.45, 7) is 4.75. The molecule has 1 aliphatic rings. The molecule has 0 atom stereocenters. The van der Waals surface area contributed by atoms with Gasteiger partial charge in [0.05, 0.1) is 17.6 Å². The summed E-state index contributed by atoms with van der Waals surface area (Å²) in [6, 6.07) is 5.97. The predicted octanol–water partition coefficient (Wildman–Crippen LogP) is 3.00. The van der Waals surface area contributed by atoms with Crippen molar-refractivity contribution in [1.82, 2.24) is 9.55 Å². The molecule has 20 heavy (non-hydrogen) atoms. The molecule has 4 heteroatoms. The number of aromatic nitrogens is 2. The zero-order chi connectivity index (χ0) is 13.9. The van der Waals surface area contributed by atoms with Gasteiger partial charge >= 0.3 is 0 Å². The fraction of sp³-hybridized carbons (Fsp3) is 0.562. The first-order valence-corrected chi connectivity index (χ1v) is 7.60. The van der Waals surface area contributed by atoms with E-state index < -0.39 is 0 Å². The van der Waals surface area contributed by atoms with E-state index >= 15 is 0 Å². The highest BCUT2D eigenvalue weighted by Crippen LogP contribution is 2.28. The van der Waals surface area contributed by atoms with Crippen molar-refractivity contribution in [2.24, 2.45) is 5.92 Å². The summed E-state index contributed by atoms with van der Waals surface area (Å²) < 4.78 is 8.05. The van der Waals surface area contributed by atoms with Crippen molar-refractivity contribution < 1.29 is 4.74 Å². The molecule has 1 aromatic heterocycles. The van der Waals surface area contributed by atoms with Crippen molar-refractivity contribution in [1.29, 1.82) is 0 Å². The highest BCUT2D eigenvalue weighted by Gasteiger charge is 2.21. The van der Waals surface area contributed by atoms with Crippen LogP contribution in [0.1, 0.15) is 32.0 Å². The van der Waals surface area contributed by atoms with Crippen LogP contribution < -0.4 is 5.73 Å². The minimum absolute atomic E-state index is 0.767. The Balaban J connectivity index is 1.76. The molecule has 0 saturated heterocycles. The maximum Gasteiger partial charge on any atom is 0.109 e. The minimum atomic E-state index is 0.767. The van der Waals surface area contributed by atoms with Crippen LogP contribution in [0.4, 0.5) is 5.69 Å². The summed E-state index contributed by atoms with van der Waals surface area (Å²) in [5.74, 6) is 1.97. The van der Waals surface area contributed by atoms with Gasteiger partial charge in [-0.05, 0) is 43.4 Å². The van der Waals surface area contributed by atoms with Gasteiger partial charge in [0.2, 0.25) is 0 Å². The number of nitrogen functional groups attached to an aromatic ring is 1. The third-order valence-electron chi connectivity index (χ3n) is 3.83.